The van der Waals surface area contributed by atoms with Crippen molar-refractivity contribution in [1.82, 2.24) is 5.43 Å². The highest BCUT2D eigenvalue weighted by Crippen LogP contribution is 2.21. The van der Waals surface area contributed by atoms with E-state index in [0.29, 0.717) is 5.75 Å². The fourth-order valence-electron chi connectivity index (χ4n) is 1.94. The summed E-state index contributed by atoms with van der Waals surface area (Å²) in [6, 6.07) is 16.0. The van der Waals surface area contributed by atoms with Crippen LogP contribution in [0.2, 0.25) is 0 Å². The van der Waals surface area contributed by atoms with Crippen molar-refractivity contribution in [3.8, 4) is 0 Å². The Bertz CT molecular complexity index is 702. The van der Waals surface area contributed by atoms with Crippen LogP contribution in [0.1, 0.15) is 11.1 Å². The standard InChI is InChI=1S/C18H20BrN3OS/c1-22(2)16-9-7-14(8-10-16)11-20-21-18(23)13-24-12-15-5-3-4-6-17(15)19/h3-11H,12-13H2,1-2H3,(H,21,23)/b20-11-. The van der Waals surface area contributed by atoms with Crippen LogP contribution in [0.15, 0.2) is 58.1 Å². The van der Waals surface area contributed by atoms with Gasteiger partial charge in [0.2, 0.25) is 5.91 Å². The van der Waals surface area contributed by atoms with Crippen LogP contribution in [0.25, 0.3) is 0 Å². The topological polar surface area (TPSA) is 44.7 Å². The summed E-state index contributed by atoms with van der Waals surface area (Å²) in [5.74, 6) is 1.05. The molecule has 0 saturated carbocycles. The van der Waals surface area contributed by atoms with Crippen LogP contribution in [-0.2, 0) is 10.5 Å². The number of thioether (sulfide) groups is 1. The van der Waals surface area contributed by atoms with Crippen molar-refractivity contribution >= 4 is 45.5 Å². The first-order valence-corrected chi connectivity index (χ1v) is 9.41. The minimum atomic E-state index is -0.104. The van der Waals surface area contributed by atoms with Crippen molar-refractivity contribution in [1.29, 1.82) is 0 Å². The van der Waals surface area contributed by atoms with E-state index in [1.54, 1.807) is 18.0 Å². The molecule has 1 amide bonds. The van der Waals surface area contributed by atoms with Crippen LogP contribution in [0, 0.1) is 0 Å². The average molecular weight is 406 g/mol. The van der Waals surface area contributed by atoms with E-state index in [4.69, 9.17) is 0 Å². The Hall–Kier alpha value is -1.79. The van der Waals surface area contributed by atoms with Crippen LogP contribution < -0.4 is 10.3 Å². The van der Waals surface area contributed by atoms with Crippen LogP contribution in [0.4, 0.5) is 5.69 Å². The van der Waals surface area contributed by atoms with E-state index in [1.807, 2.05) is 67.5 Å². The van der Waals surface area contributed by atoms with E-state index in [0.717, 1.165) is 21.5 Å². The molecule has 2 aromatic rings. The van der Waals surface area contributed by atoms with Gasteiger partial charge in [0.25, 0.3) is 0 Å². The minimum absolute atomic E-state index is 0.104. The van der Waals surface area contributed by atoms with Crippen LogP contribution >= 0.6 is 27.7 Å². The van der Waals surface area contributed by atoms with Gasteiger partial charge in [-0.25, -0.2) is 5.43 Å². The largest absolute Gasteiger partial charge is 0.378 e. The summed E-state index contributed by atoms with van der Waals surface area (Å²) in [6.07, 6.45) is 1.65. The summed E-state index contributed by atoms with van der Waals surface area (Å²) in [7, 11) is 3.99. The summed E-state index contributed by atoms with van der Waals surface area (Å²) in [5.41, 5.74) is 5.81. The van der Waals surface area contributed by atoms with Gasteiger partial charge in [-0.15, -0.1) is 11.8 Å². The summed E-state index contributed by atoms with van der Waals surface area (Å²) in [5, 5.41) is 4.00. The van der Waals surface area contributed by atoms with E-state index >= 15 is 0 Å². The number of amides is 1. The number of carbonyl (C=O) groups is 1. The highest BCUT2D eigenvalue weighted by molar-refractivity contribution is 9.10. The third-order valence-electron chi connectivity index (χ3n) is 3.26. The van der Waals surface area contributed by atoms with Crippen molar-refractivity contribution in [2.24, 2.45) is 5.10 Å². The van der Waals surface area contributed by atoms with Gasteiger partial charge in [-0.1, -0.05) is 46.3 Å². The average Bonchev–Trinajstić information content (AvgIpc) is 2.57. The molecule has 0 saturated heterocycles. The molecule has 6 heteroatoms. The van der Waals surface area contributed by atoms with Crippen molar-refractivity contribution in [3.63, 3.8) is 0 Å². The van der Waals surface area contributed by atoms with Gasteiger partial charge < -0.3 is 4.90 Å². The smallest absolute Gasteiger partial charge is 0.250 e. The van der Waals surface area contributed by atoms with Gasteiger partial charge >= 0.3 is 0 Å². The summed E-state index contributed by atoms with van der Waals surface area (Å²) >= 11 is 5.06. The van der Waals surface area contributed by atoms with E-state index < -0.39 is 0 Å². The molecule has 0 spiro atoms. The van der Waals surface area contributed by atoms with Crippen molar-refractivity contribution in [2.45, 2.75) is 5.75 Å². The van der Waals surface area contributed by atoms with Crippen molar-refractivity contribution in [2.75, 3.05) is 24.7 Å². The first-order chi connectivity index (χ1) is 11.6. The number of nitrogens with one attached hydrogen (secondary N) is 1. The second-order valence-electron chi connectivity index (χ2n) is 5.36. The third kappa shape index (κ3) is 6.02. The molecule has 1 N–H and O–H groups in total. The Morgan fingerprint density at radius 1 is 1.21 bits per heavy atom. The number of hydrogen-bond donors (Lipinski definition) is 1. The second-order valence-corrected chi connectivity index (χ2v) is 7.20. The molecule has 4 nitrogen and oxygen atoms in total. The molecule has 0 heterocycles. The molecule has 2 rings (SSSR count). The maximum Gasteiger partial charge on any atom is 0.250 e. The van der Waals surface area contributed by atoms with Gasteiger partial charge in [0.1, 0.15) is 0 Å². The number of halogens is 1. The van der Waals surface area contributed by atoms with Gasteiger partial charge in [-0.3, -0.25) is 4.79 Å². The number of carbonyl (C=O) groups excluding carboxylic acids is 1. The molecule has 0 aliphatic heterocycles. The molecule has 126 valence electrons. The lowest BCUT2D eigenvalue weighted by molar-refractivity contribution is -0.118. The highest BCUT2D eigenvalue weighted by Gasteiger charge is 2.03. The summed E-state index contributed by atoms with van der Waals surface area (Å²) in [6.45, 7) is 0. The monoisotopic (exact) mass is 405 g/mol. The Morgan fingerprint density at radius 3 is 2.58 bits per heavy atom. The van der Waals surface area contributed by atoms with Gasteiger partial charge in [-0.2, -0.15) is 5.10 Å². The SMILES string of the molecule is CN(C)c1ccc(/C=N\NC(=O)CSCc2ccccc2Br)cc1. The molecule has 24 heavy (non-hydrogen) atoms. The Morgan fingerprint density at radius 2 is 1.92 bits per heavy atom. The quantitative estimate of drug-likeness (QED) is 0.561. The molecule has 0 fully saturated rings. The number of nitrogens with zero attached hydrogens (tertiary/aromatic N) is 2. The zero-order chi connectivity index (χ0) is 17.4. The maximum absolute atomic E-state index is 11.8. The predicted molar refractivity (Wildman–Crippen MR) is 107 cm³/mol. The third-order valence-corrected chi connectivity index (χ3v) is 5.02. The van der Waals surface area contributed by atoms with Crippen LogP contribution in [-0.4, -0.2) is 32.0 Å². The lowest BCUT2D eigenvalue weighted by atomic mass is 10.2. The van der Waals surface area contributed by atoms with Gasteiger partial charge in [0.15, 0.2) is 0 Å². The maximum atomic E-state index is 11.8. The molecule has 0 radical (unpaired) electrons. The highest BCUT2D eigenvalue weighted by atomic mass is 79.9. The molecule has 0 aromatic heterocycles. The first kappa shape index (κ1) is 18.5. The Kier molecular flexibility index (Phi) is 7.34. The zero-order valence-corrected chi connectivity index (χ0v) is 16.1. The fourth-order valence-corrected chi connectivity index (χ4v) is 3.37. The molecule has 0 atom stereocenters. The molecule has 0 unspecified atom stereocenters. The van der Waals surface area contributed by atoms with Crippen LogP contribution in [0.3, 0.4) is 0 Å². The Labute approximate surface area is 155 Å². The molecular formula is C18H20BrN3OS. The number of hydrogen-bond acceptors (Lipinski definition) is 4. The number of anilines is 1. The molecule has 0 aliphatic carbocycles. The predicted octanol–water partition coefficient (Wildman–Crippen LogP) is 3.90. The van der Waals surface area contributed by atoms with Crippen molar-refractivity contribution in [3.05, 3.63) is 64.1 Å². The number of rotatable bonds is 7. The lowest BCUT2D eigenvalue weighted by Crippen LogP contribution is -2.19. The minimum Gasteiger partial charge on any atom is -0.378 e. The second kappa shape index (κ2) is 9.49. The van der Waals surface area contributed by atoms with E-state index in [1.165, 1.54) is 5.56 Å². The first-order valence-electron chi connectivity index (χ1n) is 7.46. The lowest BCUT2D eigenvalue weighted by Gasteiger charge is -2.11. The van der Waals surface area contributed by atoms with E-state index in [-0.39, 0.29) is 5.91 Å². The van der Waals surface area contributed by atoms with Gasteiger partial charge in [0.05, 0.1) is 12.0 Å². The molecule has 0 aliphatic rings. The number of hydrazone groups is 1. The van der Waals surface area contributed by atoms with Gasteiger partial charge in [-0.05, 0) is 29.3 Å². The zero-order valence-electron chi connectivity index (χ0n) is 13.7. The fraction of sp³-hybridized carbons (Fsp3) is 0.222. The summed E-state index contributed by atoms with van der Waals surface area (Å²) < 4.78 is 1.07. The molecular weight excluding hydrogens is 386 g/mol. The Balaban J connectivity index is 1.73. The van der Waals surface area contributed by atoms with Crippen LogP contribution in [0.5, 0.6) is 0 Å². The van der Waals surface area contributed by atoms with Crippen molar-refractivity contribution < 1.29 is 4.79 Å². The normalized spacial score (nSPS) is 10.8. The molecule has 2 aromatic carbocycles. The van der Waals surface area contributed by atoms with E-state index in [9.17, 15) is 4.79 Å². The molecule has 0 bridgehead atoms. The summed E-state index contributed by atoms with van der Waals surface area (Å²) in [4.78, 5) is 13.8. The van der Waals surface area contributed by atoms with E-state index in [2.05, 4.69) is 26.5 Å². The van der Waals surface area contributed by atoms with Gasteiger partial charge in [0, 0.05) is 30.0 Å². The number of benzene rings is 2.